The number of ether oxygens (including phenoxy) is 1. The highest BCUT2D eigenvalue weighted by Gasteiger charge is 2.17. The third-order valence-corrected chi connectivity index (χ3v) is 4.27. The van der Waals surface area contributed by atoms with Crippen LogP contribution in [0.1, 0.15) is 31.7 Å². The molecule has 0 saturated carbocycles. The molecule has 1 heterocycles. The predicted molar refractivity (Wildman–Crippen MR) is 96.5 cm³/mol. The van der Waals surface area contributed by atoms with E-state index in [0.29, 0.717) is 36.2 Å². The Morgan fingerprint density at radius 2 is 1.92 bits per heavy atom. The molecule has 2 aromatic carbocycles. The monoisotopic (exact) mass is 344 g/mol. The van der Waals surface area contributed by atoms with E-state index < -0.39 is 6.10 Å². The van der Waals surface area contributed by atoms with Crippen molar-refractivity contribution in [3.8, 4) is 5.75 Å². The Labute approximate surface area is 146 Å². The number of nitrogens with zero attached hydrogens (tertiary/aromatic N) is 2. The van der Waals surface area contributed by atoms with Crippen molar-refractivity contribution in [1.82, 2.24) is 9.55 Å². The van der Waals surface area contributed by atoms with E-state index in [1.807, 2.05) is 47.0 Å². The van der Waals surface area contributed by atoms with E-state index in [0.717, 1.165) is 17.5 Å². The SMILES string of the molecule is CCC[C@@H](O)c1nc2ccccc2n1CCOc1ccccc1Cl. The smallest absolute Gasteiger partial charge is 0.138 e. The molecule has 1 atom stereocenters. The second kappa shape index (κ2) is 7.69. The van der Waals surface area contributed by atoms with Crippen LogP contribution in [-0.4, -0.2) is 21.3 Å². The molecule has 0 fully saturated rings. The van der Waals surface area contributed by atoms with Crippen LogP contribution in [0.2, 0.25) is 5.02 Å². The minimum Gasteiger partial charge on any atom is -0.490 e. The minimum absolute atomic E-state index is 0.454. The number of halogens is 1. The molecular formula is C19H21ClN2O2. The molecule has 3 aromatic rings. The maximum atomic E-state index is 10.4. The zero-order valence-corrected chi connectivity index (χ0v) is 14.4. The Morgan fingerprint density at radius 3 is 2.71 bits per heavy atom. The average Bonchev–Trinajstić information content (AvgIpc) is 2.96. The number of imidazole rings is 1. The third-order valence-electron chi connectivity index (χ3n) is 3.95. The lowest BCUT2D eigenvalue weighted by Gasteiger charge is -2.14. The number of para-hydroxylation sites is 3. The molecule has 0 saturated heterocycles. The van der Waals surface area contributed by atoms with E-state index in [1.54, 1.807) is 6.07 Å². The minimum atomic E-state index is -0.567. The van der Waals surface area contributed by atoms with Gasteiger partial charge in [-0.3, -0.25) is 0 Å². The van der Waals surface area contributed by atoms with Crippen LogP contribution in [0.3, 0.4) is 0 Å². The van der Waals surface area contributed by atoms with Crippen molar-refractivity contribution in [1.29, 1.82) is 0 Å². The van der Waals surface area contributed by atoms with Gasteiger partial charge in [0, 0.05) is 0 Å². The molecule has 0 aliphatic rings. The van der Waals surface area contributed by atoms with Crippen LogP contribution < -0.4 is 4.74 Å². The lowest BCUT2D eigenvalue weighted by Crippen LogP contribution is -2.14. The van der Waals surface area contributed by atoms with Gasteiger partial charge in [-0.05, 0) is 30.7 Å². The fourth-order valence-electron chi connectivity index (χ4n) is 2.79. The van der Waals surface area contributed by atoms with Crippen molar-refractivity contribution < 1.29 is 9.84 Å². The molecule has 126 valence electrons. The number of aliphatic hydroxyl groups excluding tert-OH is 1. The van der Waals surface area contributed by atoms with Gasteiger partial charge in [0.15, 0.2) is 0 Å². The van der Waals surface area contributed by atoms with E-state index in [-0.39, 0.29) is 0 Å². The maximum Gasteiger partial charge on any atom is 0.138 e. The lowest BCUT2D eigenvalue weighted by molar-refractivity contribution is 0.151. The second-order valence-corrected chi connectivity index (χ2v) is 6.10. The highest BCUT2D eigenvalue weighted by atomic mass is 35.5. The van der Waals surface area contributed by atoms with Gasteiger partial charge in [-0.15, -0.1) is 0 Å². The summed E-state index contributed by atoms with van der Waals surface area (Å²) in [5.74, 6) is 1.36. The standard InChI is InChI=1S/C19H21ClN2O2/c1-2-7-17(23)19-21-15-9-4-5-10-16(15)22(19)12-13-24-18-11-6-3-8-14(18)20/h3-6,8-11,17,23H,2,7,12-13H2,1H3/t17-/m1/s1. The summed E-state index contributed by atoms with van der Waals surface area (Å²) in [6, 6.07) is 15.3. The normalized spacial score (nSPS) is 12.5. The highest BCUT2D eigenvalue weighted by Crippen LogP contribution is 2.25. The van der Waals surface area contributed by atoms with Gasteiger partial charge < -0.3 is 14.4 Å². The molecule has 0 spiro atoms. The van der Waals surface area contributed by atoms with Gasteiger partial charge in [0.05, 0.1) is 22.6 Å². The fraction of sp³-hybridized carbons (Fsp3) is 0.316. The number of benzene rings is 2. The van der Waals surface area contributed by atoms with Gasteiger partial charge in [-0.1, -0.05) is 49.2 Å². The van der Waals surface area contributed by atoms with E-state index in [4.69, 9.17) is 16.3 Å². The summed E-state index contributed by atoms with van der Waals surface area (Å²) < 4.78 is 7.83. The Bertz CT molecular complexity index is 816. The first-order valence-corrected chi connectivity index (χ1v) is 8.59. The summed E-state index contributed by atoms with van der Waals surface area (Å²) in [4.78, 5) is 4.61. The van der Waals surface area contributed by atoms with Crippen LogP contribution in [0.4, 0.5) is 0 Å². The molecule has 1 N–H and O–H groups in total. The number of aliphatic hydroxyl groups is 1. The number of fused-ring (bicyclic) bond motifs is 1. The van der Waals surface area contributed by atoms with Gasteiger partial charge in [0.2, 0.25) is 0 Å². The Kier molecular flexibility index (Phi) is 5.38. The summed E-state index contributed by atoms with van der Waals surface area (Å²) in [5, 5.41) is 11.0. The number of rotatable bonds is 7. The van der Waals surface area contributed by atoms with Gasteiger partial charge >= 0.3 is 0 Å². The van der Waals surface area contributed by atoms with Gasteiger partial charge in [0.25, 0.3) is 0 Å². The average molecular weight is 345 g/mol. The van der Waals surface area contributed by atoms with E-state index in [2.05, 4.69) is 11.9 Å². The highest BCUT2D eigenvalue weighted by molar-refractivity contribution is 6.32. The second-order valence-electron chi connectivity index (χ2n) is 5.69. The molecule has 0 bridgehead atoms. The van der Waals surface area contributed by atoms with Crippen molar-refractivity contribution in [3.63, 3.8) is 0 Å². The first-order valence-electron chi connectivity index (χ1n) is 8.21. The van der Waals surface area contributed by atoms with Crippen molar-refractivity contribution in [2.75, 3.05) is 6.61 Å². The largest absolute Gasteiger partial charge is 0.490 e. The predicted octanol–water partition coefficient (Wildman–Crippen LogP) is 4.60. The zero-order valence-electron chi connectivity index (χ0n) is 13.7. The molecule has 5 heteroatoms. The zero-order chi connectivity index (χ0) is 16.9. The Hall–Kier alpha value is -2.04. The summed E-state index contributed by atoms with van der Waals surface area (Å²) in [6.45, 7) is 3.11. The molecule has 1 aromatic heterocycles. The summed E-state index contributed by atoms with van der Waals surface area (Å²) in [7, 11) is 0. The maximum absolute atomic E-state index is 10.4. The van der Waals surface area contributed by atoms with Gasteiger partial charge in [-0.25, -0.2) is 4.98 Å². The molecule has 4 nitrogen and oxygen atoms in total. The van der Waals surface area contributed by atoms with Gasteiger partial charge in [0.1, 0.15) is 24.3 Å². The lowest BCUT2D eigenvalue weighted by atomic mass is 10.2. The summed E-state index contributed by atoms with van der Waals surface area (Å²) >= 11 is 6.12. The van der Waals surface area contributed by atoms with E-state index in [9.17, 15) is 5.11 Å². The van der Waals surface area contributed by atoms with E-state index in [1.165, 1.54) is 0 Å². The molecule has 0 unspecified atom stereocenters. The number of hydrogen-bond donors (Lipinski definition) is 1. The van der Waals surface area contributed by atoms with Crippen molar-refractivity contribution in [2.45, 2.75) is 32.4 Å². The molecule has 0 aliphatic carbocycles. The van der Waals surface area contributed by atoms with Crippen molar-refractivity contribution >= 4 is 22.6 Å². The van der Waals surface area contributed by atoms with Crippen LogP contribution in [0.25, 0.3) is 11.0 Å². The summed E-state index contributed by atoms with van der Waals surface area (Å²) in [5.41, 5.74) is 1.89. The van der Waals surface area contributed by atoms with Crippen LogP contribution in [0.5, 0.6) is 5.75 Å². The third kappa shape index (κ3) is 3.55. The molecule has 0 amide bonds. The quantitative estimate of drug-likeness (QED) is 0.681. The topological polar surface area (TPSA) is 47.3 Å². The van der Waals surface area contributed by atoms with Crippen LogP contribution >= 0.6 is 11.6 Å². The molecule has 24 heavy (non-hydrogen) atoms. The van der Waals surface area contributed by atoms with Crippen LogP contribution in [-0.2, 0) is 6.54 Å². The van der Waals surface area contributed by atoms with Crippen LogP contribution in [0.15, 0.2) is 48.5 Å². The summed E-state index contributed by atoms with van der Waals surface area (Å²) in [6.07, 6.45) is 1.03. The Morgan fingerprint density at radius 1 is 1.17 bits per heavy atom. The molecule has 0 radical (unpaired) electrons. The molecule has 0 aliphatic heterocycles. The number of aromatic nitrogens is 2. The Balaban J connectivity index is 1.82. The molecular weight excluding hydrogens is 324 g/mol. The first kappa shape index (κ1) is 16.8. The van der Waals surface area contributed by atoms with Gasteiger partial charge in [-0.2, -0.15) is 0 Å². The number of hydrogen-bond acceptors (Lipinski definition) is 3. The van der Waals surface area contributed by atoms with Crippen molar-refractivity contribution in [2.24, 2.45) is 0 Å². The van der Waals surface area contributed by atoms with Crippen molar-refractivity contribution in [3.05, 3.63) is 59.4 Å². The first-order chi connectivity index (χ1) is 11.7. The molecule has 3 rings (SSSR count). The van der Waals surface area contributed by atoms with E-state index >= 15 is 0 Å². The van der Waals surface area contributed by atoms with Crippen LogP contribution in [0, 0.1) is 0 Å². The fourth-order valence-corrected chi connectivity index (χ4v) is 2.99.